The van der Waals surface area contributed by atoms with Crippen LogP contribution in [0.3, 0.4) is 0 Å². The Bertz CT molecular complexity index is 576. The quantitative estimate of drug-likeness (QED) is 0.561. The molecule has 3 rings (SSSR count). The summed E-state index contributed by atoms with van der Waals surface area (Å²) in [6.45, 7) is 2.99. The molecular formula is C22H27O. The van der Waals surface area contributed by atoms with Gasteiger partial charge in [-0.15, -0.1) is 0 Å². The fourth-order valence-corrected chi connectivity index (χ4v) is 3.29. The molecule has 2 aromatic carbocycles. The van der Waals surface area contributed by atoms with E-state index in [1.807, 2.05) is 0 Å². The van der Waals surface area contributed by atoms with Crippen LogP contribution in [0.25, 0.3) is 11.1 Å². The van der Waals surface area contributed by atoms with Crippen molar-refractivity contribution in [3.05, 3.63) is 60.5 Å². The van der Waals surface area contributed by atoms with E-state index in [-0.39, 0.29) is 0 Å². The van der Waals surface area contributed by atoms with Gasteiger partial charge in [-0.25, -0.2) is 0 Å². The van der Waals surface area contributed by atoms with Crippen LogP contribution in [-0.4, -0.2) is 6.61 Å². The van der Waals surface area contributed by atoms with E-state index < -0.39 is 0 Å². The van der Waals surface area contributed by atoms with Crippen molar-refractivity contribution in [2.45, 2.75) is 51.4 Å². The molecule has 0 N–H and O–H groups in total. The molecule has 0 spiro atoms. The molecule has 0 aliphatic heterocycles. The molecule has 1 aliphatic rings. The van der Waals surface area contributed by atoms with E-state index in [0.29, 0.717) is 0 Å². The van der Waals surface area contributed by atoms with Crippen LogP contribution in [0.15, 0.2) is 48.5 Å². The third kappa shape index (κ3) is 4.37. The Morgan fingerprint density at radius 1 is 0.870 bits per heavy atom. The van der Waals surface area contributed by atoms with Crippen LogP contribution in [0.5, 0.6) is 5.75 Å². The lowest BCUT2D eigenvalue weighted by Gasteiger charge is -2.22. The van der Waals surface area contributed by atoms with Gasteiger partial charge in [0.25, 0.3) is 0 Å². The number of hydrogen-bond donors (Lipinski definition) is 0. The third-order valence-corrected chi connectivity index (χ3v) is 4.77. The molecule has 1 radical (unpaired) electrons. The Morgan fingerprint density at radius 2 is 1.48 bits per heavy atom. The number of hydrogen-bond acceptors (Lipinski definition) is 1. The molecule has 0 atom stereocenters. The summed E-state index contributed by atoms with van der Waals surface area (Å²) in [6, 6.07) is 17.6. The Hall–Kier alpha value is -1.76. The second-order valence-corrected chi connectivity index (χ2v) is 6.49. The van der Waals surface area contributed by atoms with E-state index in [1.165, 1.54) is 48.8 Å². The lowest BCUT2D eigenvalue weighted by molar-refractivity contribution is 0.309. The summed E-state index contributed by atoms with van der Waals surface area (Å²) in [5.74, 6) is 1.72. The van der Waals surface area contributed by atoms with Gasteiger partial charge in [0, 0.05) is 0 Å². The van der Waals surface area contributed by atoms with Crippen molar-refractivity contribution >= 4 is 0 Å². The van der Waals surface area contributed by atoms with Gasteiger partial charge in [-0.2, -0.15) is 0 Å². The summed E-state index contributed by atoms with van der Waals surface area (Å²) in [5.41, 5.74) is 4.05. The first-order valence-electron chi connectivity index (χ1n) is 9.01. The van der Waals surface area contributed by atoms with Gasteiger partial charge in [-0.3, -0.25) is 0 Å². The van der Waals surface area contributed by atoms with Crippen molar-refractivity contribution in [3.8, 4) is 16.9 Å². The van der Waals surface area contributed by atoms with Crippen LogP contribution in [0.1, 0.15) is 56.9 Å². The molecule has 1 nitrogen and oxygen atoms in total. The van der Waals surface area contributed by atoms with Crippen LogP contribution < -0.4 is 4.74 Å². The maximum Gasteiger partial charge on any atom is 0.119 e. The van der Waals surface area contributed by atoms with Crippen molar-refractivity contribution in [1.29, 1.82) is 0 Å². The zero-order valence-electron chi connectivity index (χ0n) is 14.1. The lowest BCUT2D eigenvalue weighted by Crippen LogP contribution is -2.04. The van der Waals surface area contributed by atoms with E-state index in [0.717, 1.165) is 24.7 Å². The number of rotatable bonds is 6. The molecule has 0 amide bonds. The molecule has 23 heavy (non-hydrogen) atoms. The molecule has 1 fully saturated rings. The van der Waals surface area contributed by atoms with E-state index in [1.54, 1.807) is 0 Å². The Kier molecular flexibility index (Phi) is 5.74. The molecule has 0 unspecified atom stereocenters. The van der Waals surface area contributed by atoms with E-state index in [2.05, 4.69) is 61.9 Å². The standard InChI is InChI=1S/C22H27O/c1-2-3-17-23-22-15-13-21(14-16-22)20-11-9-19(10-12-20)18-7-5-4-6-8-18/h4,9-16,18H,2-3,5-8,17H2,1H3. The first kappa shape index (κ1) is 16.1. The van der Waals surface area contributed by atoms with Crippen LogP contribution in [0.2, 0.25) is 0 Å². The normalized spacial score (nSPS) is 15.5. The highest BCUT2D eigenvalue weighted by atomic mass is 16.5. The van der Waals surface area contributed by atoms with Gasteiger partial charge in [0.1, 0.15) is 5.75 Å². The number of benzene rings is 2. The minimum Gasteiger partial charge on any atom is -0.494 e. The van der Waals surface area contributed by atoms with E-state index >= 15 is 0 Å². The molecule has 1 saturated carbocycles. The van der Waals surface area contributed by atoms with Crippen LogP contribution in [0, 0.1) is 6.42 Å². The summed E-state index contributed by atoms with van der Waals surface area (Å²) in [6.07, 6.45) is 9.87. The summed E-state index contributed by atoms with van der Waals surface area (Å²) in [5, 5.41) is 0. The second-order valence-electron chi connectivity index (χ2n) is 6.49. The van der Waals surface area contributed by atoms with Crippen molar-refractivity contribution in [3.63, 3.8) is 0 Å². The van der Waals surface area contributed by atoms with Crippen molar-refractivity contribution in [2.75, 3.05) is 6.61 Å². The highest BCUT2D eigenvalue weighted by Crippen LogP contribution is 2.33. The maximum absolute atomic E-state index is 5.73. The lowest BCUT2D eigenvalue weighted by atomic mass is 9.84. The molecule has 0 saturated heterocycles. The summed E-state index contributed by atoms with van der Waals surface area (Å²) >= 11 is 0. The SMILES string of the molecule is CCCCOc1ccc(-c2ccc(C3CC[CH]CC3)cc2)cc1. The average molecular weight is 307 g/mol. The fraction of sp³-hybridized carbons (Fsp3) is 0.409. The Balaban J connectivity index is 1.64. The molecule has 0 heterocycles. The first-order valence-corrected chi connectivity index (χ1v) is 9.01. The largest absolute Gasteiger partial charge is 0.494 e. The summed E-state index contributed by atoms with van der Waals surface area (Å²) in [7, 11) is 0. The van der Waals surface area contributed by atoms with Gasteiger partial charge in [-0.1, -0.05) is 49.7 Å². The van der Waals surface area contributed by atoms with Gasteiger partial charge in [0.15, 0.2) is 0 Å². The smallest absolute Gasteiger partial charge is 0.119 e. The van der Waals surface area contributed by atoms with Crippen molar-refractivity contribution < 1.29 is 4.74 Å². The molecule has 1 aliphatic carbocycles. The molecule has 0 bridgehead atoms. The fourth-order valence-electron chi connectivity index (χ4n) is 3.29. The summed E-state index contributed by atoms with van der Waals surface area (Å²) < 4.78 is 5.73. The highest BCUT2D eigenvalue weighted by molar-refractivity contribution is 5.64. The topological polar surface area (TPSA) is 9.23 Å². The predicted octanol–water partition coefficient (Wildman–Crippen LogP) is 6.39. The van der Waals surface area contributed by atoms with E-state index in [9.17, 15) is 0 Å². The molecular weight excluding hydrogens is 280 g/mol. The van der Waals surface area contributed by atoms with Crippen LogP contribution >= 0.6 is 0 Å². The number of ether oxygens (including phenoxy) is 1. The summed E-state index contributed by atoms with van der Waals surface area (Å²) in [4.78, 5) is 0. The van der Waals surface area contributed by atoms with Crippen molar-refractivity contribution in [2.24, 2.45) is 0 Å². The minimum absolute atomic E-state index is 0.753. The molecule has 0 aromatic heterocycles. The second kappa shape index (κ2) is 8.19. The predicted molar refractivity (Wildman–Crippen MR) is 97.8 cm³/mol. The average Bonchev–Trinajstić information content (AvgIpc) is 2.63. The Morgan fingerprint density at radius 3 is 2.09 bits per heavy atom. The van der Waals surface area contributed by atoms with Crippen LogP contribution in [0.4, 0.5) is 0 Å². The highest BCUT2D eigenvalue weighted by Gasteiger charge is 2.15. The molecule has 121 valence electrons. The van der Waals surface area contributed by atoms with Gasteiger partial charge < -0.3 is 4.74 Å². The molecule has 2 aromatic rings. The monoisotopic (exact) mass is 307 g/mol. The maximum atomic E-state index is 5.73. The van der Waals surface area contributed by atoms with Gasteiger partial charge in [0.2, 0.25) is 0 Å². The molecule has 1 heteroatoms. The zero-order valence-corrected chi connectivity index (χ0v) is 14.1. The Labute approximate surface area is 140 Å². The van der Waals surface area contributed by atoms with E-state index in [4.69, 9.17) is 4.74 Å². The van der Waals surface area contributed by atoms with Gasteiger partial charge in [-0.05, 0) is 73.3 Å². The number of unbranched alkanes of at least 4 members (excludes halogenated alkanes) is 1. The van der Waals surface area contributed by atoms with Crippen LogP contribution in [-0.2, 0) is 0 Å². The first-order chi connectivity index (χ1) is 11.4. The van der Waals surface area contributed by atoms with Gasteiger partial charge >= 0.3 is 0 Å². The zero-order chi connectivity index (χ0) is 15.9. The minimum atomic E-state index is 0.753. The van der Waals surface area contributed by atoms with Crippen molar-refractivity contribution in [1.82, 2.24) is 0 Å². The third-order valence-electron chi connectivity index (χ3n) is 4.77. The van der Waals surface area contributed by atoms with Gasteiger partial charge in [0.05, 0.1) is 6.61 Å².